The van der Waals surface area contributed by atoms with Crippen molar-refractivity contribution in [2.45, 2.75) is 34.6 Å². The summed E-state index contributed by atoms with van der Waals surface area (Å²) < 4.78 is 14.5. The van der Waals surface area contributed by atoms with Gasteiger partial charge in [0.1, 0.15) is 19.8 Å². The molecule has 19 heteroatoms. The van der Waals surface area contributed by atoms with Crippen LogP contribution in [0.2, 0.25) is 0 Å². The molecule has 0 aromatic heterocycles. The second kappa shape index (κ2) is 36.3. The highest BCUT2D eigenvalue weighted by Gasteiger charge is 2.35. The molecular formula is C37H58O19. The van der Waals surface area contributed by atoms with Crippen LogP contribution in [0.4, 0.5) is 0 Å². The molecule has 9 N–H and O–H groups in total. The van der Waals surface area contributed by atoms with Crippen LogP contribution < -0.4 is 0 Å². The fourth-order valence-corrected chi connectivity index (χ4v) is 1.92. The maximum Gasteiger partial charge on any atom is 0.330 e. The van der Waals surface area contributed by atoms with Crippen LogP contribution in [0.15, 0.2) is 86.6 Å². The van der Waals surface area contributed by atoms with Crippen LogP contribution in [0.1, 0.15) is 34.6 Å². The number of aliphatic hydroxyl groups excluding tert-OH is 5. The van der Waals surface area contributed by atoms with Crippen molar-refractivity contribution in [2.75, 3.05) is 52.9 Å². The van der Waals surface area contributed by atoms with Gasteiger partial charge >= 0.3 is 41.8 Å². The van der Waals surface area contributed by atoms with E-state index in [2.05, 4.69) is 46.1 Å². The van der Waals surface area contributed by atoms with E-state index in [1.807, 2.05) is 0 Å². The Kier molecular flexibility index (Phi) is 40.3. The molecule has 0 aromatic rings. The number of aliphatic hydroxyl groups is 5. The van der Waals surface area contributed by atoms with Gasteiger partial charge in [-0.25, -0.2) is 33.6 Å². The molecule has 56 heavy (non-hydrogen) atoms. The van der Waals surface area contributed by atoms with Gasteiger partial charge in [0.05, 0.1) is 31.8 Å². The number of rotatable bonds is 19. The van der Waals surface area contributed by atoms with E-state index in [9.17, 15) is 38.7 Å². The number of carboxylic acids is 4. The molecule has 0 radical (unpaired) electrons. The number of aliphatic carboxylic acids is 4. The summed E-state index contributed by atoms with van der Waals surface area (Å²) in [5.41, 5.74) is -1.53. The van der Waals surface area contributed by atoms with Gasteiger partial charge in [0.2, 0.25) is 0 Å². The molecule has 0 spiro atoms. The summed E-state index contributed by atoms with van der Waals surface area (Å²) in [7, 11) is 0. The van der Waals surface area contributed by atoms with Crippen LogP contribution in [-0.2, 0) is 47.8 Å². The highest BCUT2D eigenvalue weighted by atomic mass is 16.6. The van der Waals surface area contributed by atoms with Crippen molar-refractivity contribution in [1.82, 2.24) is 0 Å². The quantitative estimate of drug-likeness (QED) is 0.0505. The van der Waals surface area contributed by atoms with Gasteiger partial charge < -0.3 is 60.2 Å². The van der Waals surface area contributed by atoms with E-state index in [-0.39, 0.29) is 74.5 Å². The number of esters is 3. The molecule has 19 nitrogen and oxygen atoms in total. The number of ether oxygens (including phenoxy) is 3. The Morgan fingerprint density at radius 1 is 0.500 bits per heavy atom. The molecule has 0 fully saturated rings. The predicted octanol–water partition coefficient (Wildman–Crippen LogP) is 1.32. The normalized spacial score (nSPS) is 9.96. The molecular weight excluding hydrogens is 748 g/mol. The van der Waals surface area contributed by atoms with E-state index in [0.717, 1.165) is 18.2 Å². The molecule has 0 aliphatic heterocycles. The van der Waals surface area contributed by atoms with Gasteiger partial charge in [0.25, 0.3) is 0 Å². The van der Waals surface area contributed by atoms with Crippen molar-refractivity contribution in [1.29, 1.82) is 0 Å². The molecule has 0 saturated carbocycles. The van der Waals surface area contributed by atoms with Crippen LogP contribution >= 0.6 is 0 Å². The van der Waals surface area contributed by atoms with Crippen molar-refractivity contribution < 1.29 is 93.7 Å². The summed E-state index contributed by atoms with van der Waals surface area (Å²) in [6, 6.07) is 0. The smallest absolute Gasteiger partial charge is 0.330 e. The maximum absolute atomic E-state index is 11.1. The lowest BCUT2D eigenvalue weighted by Gasteiger charge is -2.32. The highest BCUT2D eigenvalue weighted by Crippen LogP contribution is 2.25. The molecule has 0 bridgehead atoms. The van der Waals surface area contributed by atoms with Crippen molar-refractivity contribution in [2.24, 2.45) is 16.7 Å². The first-order chi connectivity index (χ1) is 25.7. The lowest BCUT2D eigenvalue weighted by Crippen LogP contribution is -2.42. The Labute approximate surface area is 326 Å². The third kappa shape index (κ3) is 36.6. The Hall–Kier alpha value is -5.73. The van der Waals surface area contributed by atoms with Gasteiger partial charge in [-0.2, -0.15) is 0 Å². The van der Waals surface area contributed by atoms with Crippen molar-refractivity contribution in [3.8, 4) is 0 Å². The highest BCUT2D eigenvalue weighted by molar-refractivity contribution is 5.86. The van der Waals surface area contributed by atoms with Gasteiger partial charge in [-0.15, -0.1) is 0 Å². The molecule has 320 valence electrons. The second-order valence-electron chi connectivity index (χ2n) is 11.4. The largest absolute Gasteiger partial charge is 0.478 e. The van der Waals surface area contributed by atoms with E-state index in [1.165, 1.54) is 27.7 Å². The molecule has 0 saturated heterocycles. The van der Waals surface area contributed by atoms with Gasteiger partial charge in [-0.05, 0) is 33.6 Å². The van der Waals surface area contributed by atoms with Gasteiger partial charge in [0.15, 0.2) is 0 Å². The number of carbonyl (C=O) groups is 7. The van der Waals surface area contributed by atoms with E-state index < -0.39 is 59.2 Å². The van der Waals surface area contributed by atoms with E-state index in [0.29, 0.717) is 0 Å². The van der Waals surface area contributed by atoms with Gasteiger partial charge in [-0.3, -0.25) is 0 Å². The molecule has 0 aromatic carbocycles. The van der Waals surface area contributed by atoms with Crippen LogP contribution in [-0.4, -0.2) is 141 Å². The monoisotopic (exact) mass is 806 g/mol. The number of carboxylic acid groups (broad SMARTS) is 4. The summed E-state index contributed by atoms with van der Waals surface area (Å²) in [6.45, 7) is 27.1. The lowest BCUT2D eigenvalue weighted by atomic mass is 9.79. The third-order valence-corrected chi connectivity index (χ3v) is 6.12. The maximum atomic E-state index is 11.1. The minimum Gasteiger partial charge on any atom is -0.478 e. The SMILES string of the molecule is C=C(C)C(=O)O.C=C(C)C(=O)O.C=C(C)C(=O)O.C=C(C)C(=O)O.C=CC(=O)OCC(CO)(COC(=O)C=C)COC(=O)C=C.CC(CO)C(CO)(CO)CO. The fourth-order valence-electron chi connectivity index (χ4n) is 1.92. The lowest BCUT2D eigenvalue weighted by molar-refractivity contribution is -0.159. The predicted molar refractivity (Wildman–Crippen MR) is 203 cm³/mol. The molecule has 0 rings (SSSR count). The summed E-state index contributed by atoms with van der Waals surface area (Å²) >= 11 is 0. The number of hydrogen-bond donors (Lipinski definition) is 9. The van der Waals surface area contributed by atoms with Crippen LogP contribution in [0.3, 0.4) is 0 Å². The van der Waals surface area contributed by atoms with E-state index in [1.54, 1.807) is 6.92 Å². The number of carbonyl (C=O) groups excluding carboxylic acids is 3. The zero-order valence-corrected chi connectivity index (χ0v) is 32.5. The zero-order chi connectivity index (χ0) is 45.8. The minimum atomic E-state index is -1.28. The van der Waals surface area contributed by atoms with Crippen LogP contribution in [0.5, 0.6) is 0 Å². The molecule has 0 amide bonds. The number of hydrogen-bond acceptors (Lipinski definition) is 15. The van der Waals surface area contributed by atoms with E-state index >= 15 is 0 Å². The Balaban J connectivity index is -0.000000149. The van der Waals surface area contributed by atoms with E-state index in [4.69, 9.17) is 55.1 Å². The Bertz CT molecular complexity index is 1130. The minimum absolute atomic E-state index is 0.151. The van der Waals surface area contributed by atoms with Gasteiger partial charge in [-0.1, -0.05) is 53.0 Å². The zero-order valence-electron chi connectivity index (χ0n) is 32.5. The standard InChI is InChI=1S/C14H18O7.C7H16O4.4C4H6O2/c1-4-11(16)19-8-14(7-15,9-20-12(17)5-2)10-21-13(18)6-3;1-6(2-8)7(3-9,4-10)5-11;4*1-3(2)4(5)6/h4-6,15H,1-3,7-10H2;6,8-11H,2-5H2,1H3;4*1H2,2H3,(H,5,6). The molecule has 1 unspecified atom stereocenters. The molecule has 0 heterocycles. The van der Waals surface area contributed by atoms with Crippen molar-refractivity contribution in [3.63, 3.8) is 0 Å². The average Bonchev–Trinajstić information content (AvgIpc) is 3.15. The van der Waals surface area contributed by atoms with Crippen LogP contribution in [0.25, 0.3) is 0 Å². The summed E-state index contributed by atoms with van der Waals surface area (Å²) in [6.07, 6.45) is 2.81. The Morgan fingerprint density at radius 2 is 0.696 bits per heavy atom. The molecule has 0 aliphatic rings. The summed E-state index contributed by atoms with van der Waals surface area (Å²) in [5, 5.41) is 76.3. The first kappa shape index (κ1) is 62.3. The second-order valence-corrected chi connectivity index (χ2v) is 11.4. The molecule has 1 atom stereocenters. The first-order valence-electron chi connectivity index (χ1n) is 15.6. The average molecular weight is 807 g/mol. The topological polar surface area (TPSA) is 329 Å². The fraction of sp³-hybridized carbons (Fsp3) is 0.432. The Morgan fingerprint density at radius 3 is 0.786 bits per heavy atom. The van der Waals surface area contributed by atoms with Crippen molar-refractivity contribution in [3.05, 3.63) is 86.6 Å². The summed E-state index contributed by atoms with van der Waals surface area (Å²) in [5.74, 6) is -6.22. The van der Waals surface area contributed by atoms with Gasteiger partial charge in [0, 0.05) is 52.5 Å². The summed E-state index contributed by atoms with van der Waals surface area (Å²) in [4.78, 5) is 71.7. The third-order valence-electron chi connectivity index (χ3n) is 6.12. The van der Waals surface area contributed by atoms with Crippen LogP contribution in [0, 0.1) is 16.7 Å². The molecule has 0 aliphatic carbocycles. The first-order valence-corrected chi connectivity index (χ1v) is 15.6. The van der Waals surface area contributed by atoms with Crippen molar-refractivity contribution >= 4 is 41.8 Å².